The molecule has 0 aliphatic rings. The fourth-order valence-electron chi connectivity index (χ4n) is 1.22. The average Bonchev–Trinajstić information content (AvgIpc) is 2.29. The molecule has 0 aromatic heterocycles. The van der Waals surface area contributed by atoms with E-state index in [1.807, 2.05) is 6.92 Å². The summed E-state index contributed by atoms with van der Waals surface area (Å²) in [4.78, 5) is 0.270. The lowest BCUT2D eigenvalue weighted by Gasteiger charge is -2.06. The molecule has 0 heterocycles. The second-order valence-corrected chi connectivity index (χ2v) is 5.34. The van der Waals surface area contributed by atoms with Crippen molar-refractivity contribution in [3.05, 3.63) is 42.5 Å². The van der Waals surface area contributed by atoms with E-state index in [0.29, 0.717) is 13.2 Å². The molecular weight excluding hydrogens is 238 g/mol. The Morgan fingerprint density at radius 2 is 2.00 bits per heavy atom. The number of nitrogens with one attached hydrogen (secondary N) is 1. The molecule has 1 aromatic rings. The smallest absolute Gasteiger partial charge is 0.240 e. The molecular formula is C12H17NO3S. The molecule has 94 valence electrons. The molecule has 0 saturated carbocycles. The third-order valence-corrected chi connectivity index (χ3v) is 3.58. The second-order valence-electron chi connectivity index (χ2n) is 3.57. The number of hydrogen-bond donors (Lipinski definition) is 1. The lowest BCUT2D eigenvalue weighted by molar-refractivity contribution is 0.168. The van der Waals surface area contributed by atoms with Crippen molar-refractivity contribution in [3.63, 3.8) is 0 Å². The molecule has 1 N–H and O–H groups in total. The van der Waals surface area contributed by atoms with Gasteiger partial charge in [0.1, 0.15) is 0 Å². The molecule has 0 spiro atoms. The van der Waals surface area contributed by atoms with Crippen LogP contribution in [0.5, 0.6) is 0 Å². The minimum absolute atomic E-state index is 0.254. The van der Waals surface area contributed by atoms with Crippen LogP contribution in [0.4, 0.5) is 0 Å². The van der Waals surface area contributed by atoms with E-state index in [-0.39, 0.29) is 11.4 Å². The van der Waals surface area contributed by atoms with Crippen LogP contribution >= 0.6 is 0 Å². The summed E-state index contributed by atoms with van der Waals surface area (Å²) < 4.78 is 31.1. The largest absolute Gasteiger partial charge is 0.376 e. The zero-order valence-electron chi connectivity index (χ0n) is 9.85. The van der Waals surface area contributed by atoms with Crippen molar-refractivity contribution in [1.29, 1.82) is 0 Å². The van der Waals surface area contributed by atoms with Crippen LogP contribution < -0.4 is 4.72 Å². The molecule has 0 saturated heterocycles. The van der Waals surface area contributed by atoms with Crippen LogP contribution in [-0.2, 0) is 14.8 Å². The number of ether oxygens (including phenoxy) is 1. The third kappa shape index (κ3) is 4.68. The maximum atomic E-state index is 11.8. The van der Waals surface area contributed by atoms with Gasteiger partial charge in [-0.1, -0.05) is 23.8 Å². The van der Waals surface area contributed by atoms with Crippen molar-refractivity contribution in [2.45, 2.75) is 11.8 Å². The highest BCUT2D eigenvalue weighted by atomic mass is 32.2. The zero-order valence-corrected chi connectivity index (χ0v) is 10.7. The topological polar surface area (TPSA) is 55.4 Å². The van der Waals surface area contributed by atoms with Gasteiger partial charge >= 0.3 is 0 Å². The molecule has 5 heteroatoms. The number of benzene rings is 1. The fourth-order valence-corrected chi connectivity index (χ4v) is 2.23. The number of sulfonamides is 1. The van der Waals surface area contributed by atoms with E-state index in [1.165, 1.54) is 0 Å². The summed E-state index contributed by atoms with van der Waals surface area (Å²) in [6.45, 7) is 6.42. The maximum absolute atomic E-state index is 11.8. The molecule has 4 nitrogen and oxygen atoms in total. The first-order valence-electron chi connectivity index (χ1n) is 5.31. The zero-order chi connectivity index (χ0) is 12.7. The van der Waals surface area contributed by atoms with Crippen LogP contribution in [0.1, 0.15) is 5.56 Å². The quantitative estimate of drug-likeness (QED) is 0.593. The lowest BCUT2D eigenvalue weighted by atomic mass is 10.2. The molecule has 0 amide bonds. The van der Waals surface area contributed by atoms with Crippen LogP contribution in [0.15, 0.2) is 41.8 Å². The van der Waals surface area contributed by atoms with Gasteiger partial charge in [0.05, 0.1) is 18.1 Å². The van der Waals surface area contributed by atoms with Crippen LogP contribution in [0.25, 0.3) is 0 Å². The number of hydrogen-bond acceptors (Lipinski definition) is 3. The first-order valence-corrected chi connectivity index (χ1v) is 6.79. The fraction of sp³-hybridized carbons (Fsp3) is 0.333. The summed E-state index contributed by atoms with van der Waals surface area (Å²) in [5.41, 5.74) is 1.03. The highest BCUT2D eigenvalue weighted by Crippen LogP contribution is 2.09. The molecule has 1 rings (SSSR count). The standard InChI is InChI=1S/C12H17NO3S/c1-3-9-16-10-8-13-17(14,15)12-6-4-11(2)5-7-12/h3-7,13H,1,8-10H2,2H3. The van der Waals surface area contributed by atoms with Gasteiger partial charge in [-0.2, -0.15) is 0 Å². The van der Waals surface area contributed by atoms with Gasteiger partial charge in [-0.3, -0.25) is 0 Å². The third-order valence-electron chi connectivity index (χ3n) is 2.11. The number of aryl methyl sites for hydroxylation is 1. The Kier molecular flexibility index (Phi) is 5.34. The summed E-state index contributed by atoms with van der Waals surface area (Å²) in [5.74, 6) is 0. The first kappa shape index (κ1) is 13.9. The first-order chi connectivity index (χ1) is 8.06. The van der Waals surface area contributed by atoms with E-state index >= 15 is 0 Å². The molecule has 1 aromatic carbocycles. The van der Waals surface area contributed by atoms with Gasteiger partial charge in [0, 0.05) is 6.54 Å². The Morgan fingerprint density at radius 1 is 1.35 bits per heavy atom. The molecule has 0 atom stereocenters. The van der Waals surface area contributed by atoms with Gasteiger partial charge in [0.25, 0.3) is 0 Å². The summed E-state index contributed by atoms with van der Waals surface area (Å²) in [6, 6.07) is 6.70. The van der Waals surface area contributed by atoms with Crippen molar-refractivity contribution in [2.75, 3.05) is 19.8 Å². The van der Waals surface area contributed by atoms with Crippen LogP contribution in [-0.4, -0.2) is 28.2 Å². The summed E-state index contributed by atoms with van der Waals surface area (Å²) in [5, 5.41) is 0. The normalized spacial score (nSPS) is 11.4. The van der Waals surface area contributed by atoms with Crippen LogP contribution in [0, 0.1) is 6.92 Å². The van der Waals surface area contributed by atoms with Crippen LogP contribution in [0.3, 0.4) is 0 Å². The summed E-state index contributed by atoms with van der Waals surface area (Å²) in [7, 11) is -3.42. The predicted octanol–water partition coefficient (Wildman–Crippen LogP) is 1.48. The van der Waals surface area contributed by atoms with E-state index in [2.05, 4.69) is 11.3 Å². The van der Waals surface area contributed by atoms with Gasteiger partial charge in [-0.05, 0) is 19.1 Å². The van der Waals surface area contributed by atoms with E-state index < -0.39 is 10.0 Å². The Balaban J connectivity index is 2.51. The summed E-state index contributed by atoms with van der Waals surface area (Å²) in [6.07, 6.45) is 1.62. The Hall–Kier alpha value is -1.17. The van der Waals surface area contributed by atoms with Crippen molar-refractivity contribution >= 4 is 10.0 Å². The molecule has 0 unspecified atom stereocenters. The van der Waals surface area contributed by atoms with Gasteiger partial charge in [-0.15, -0.1) is 6.58 Å². The Bertz CT molecular complexity index is 451. The second kappa shape index (κ2) is 6.54. The predicted molar refractivity (Wildman–Crippen MR) is 67.4 cm³/mol. The highest BCUT2D eigenvalue weighted by Gasteiger charge is 2.12. The minimum atomic E-state index is -3.42. The van der Waals surface area contributed by atoms with E-state index in [1.54, 1.807) is 30.3 Å². The SMILES string of the molecule is C=CCOCCNS(=O)(=O)c1ccc(C)cc1. The van der Waals surface area contributed by atoms with E-state index in [4.69, 9.17) is 4.74 Å². The van der Waals surface area contributed by atoms with Gasteiger partial charge < -0.3 is 4.74 Å². The minimum Gasteiger partial charge on any atom is -0.376 e. The van der Waals surface area contributed by atoms with Gasteiger partial charge in [-0.25, -0.2) is 13.1 Å². The van der Waals surface area contributed by atoms with Crippen molar-refractivity contribution in [3.8, 4) is 0 Å². The van der Waals surface area contributed by atoms with Crippen molar-refractivity contribution < 1.29 is 13.2 Å². The van der Waals surface area contributed by atoms with Gasteiger partial charge in [0.2, 0.25) is 10.0 Å². The van der Waals surface area contributed by atoms with Crippen molar-refractivity contribution in [2.24, 2.45) is 0 Å². The average molecular weight is 255 g/mol. The Morgan fingerprint density at radius 3 is 2.59 bits per heavy atom. The molecule has 17 heavy (non-hydrogen) atoms. The molecule has 0 radical (unpaired) electrons. The molecule has 0 bridgehead atoms. The number of rotatable bonds is 7. The highest BCUT2D eigenvalue weighted by molar-refractivity contribution is 7.89. The van der Waals surface area contributed by atoms with Gasteiger partial charge in [0.15, 0.2) is 0 Å². The Labute approximate surface area is 102 Å². The summed E-state index contributed by atoms with van der Waals surface area (Å²) >= 11 is 0. The van der Waals surface area contributed by atoms with E-state index in [0.717, 1.165) is 5.56 Å². The van der Waals surface area contributed by atoms with E-state index in [9.17, 15) is 8.42 Å². The maximum Gasteiger partial charge on any atom is 0.240 e. The molecule has 0 fully saturated rings. The monoisotopic (exact) mass is 255 g/mol. The van der Waals surface area contributed by atoms with Crippen LogP contribution in [0.2, 0.25) is 0 Å². The molecule has 0 aliphatic heterocycles. The van der Waals surface area contributed by atoms with Crippen molar-refractivity contribution in [1.82, 2.24) is 4.72 Å². The lowest BCUT2D eigenvalue weighted by Crippen LogP contribution is -2.27. The molecule has 0 aliphatic carbocycles.